The van der Waals surface area contributed by atoms with Gasteiger partial charge in [-0.1, -0.05) is 12.1 Å². The van der Waals surface area contributed by atoms with E-state index < -0.39 is 40.8 Å². The van der Waals surface area contributed by atoms with E-state index in [0.717, 1.165) is 9.80 Å². The highest BCUT2D eigenvalue weighted by atomic mass is 32.2. The fourth-order valence-corrected chi connectivity index (χ4v) is 4.39. The zero-order chi connectivity index (χ0) is 23.7. The SMILES string of the molecule is CCOC(=O)c1ccc(N2C(=O)C[C@@H](N3C(=O)S/C(=C/c4ccc(F)cc4)C3=O)C2=O)cc1. The largest absolute Gasteiger partial charge is 0.462 e. The molecular formula is C23H17FN2O6S. The molecule has 0 bridgehead atoms. The molecule has 33 heavy (non-hydrogen) atoms. The van der Waals surface area contributed by atoms with Gasteiger partial charge in [0.15, 0.2) is 0 Å². The Morgan fingerprint density at radius 1 is 1.09 bits per heavy atom. The first kappa shape index (κ1) is 22.4. The van der Waals surface area contributed by atoms with Gasteiger partial charge in [0.2, 0.25) is 5.91 Å². The molecule has 0 N–H and O–H groups in total. The number of carbonyl (C=O) groups is 5. The highest BCUT2D eigenvalue weighted by molar-refractivity contribution is 8.18. The van der Waals surface area contributed by atoms with Crippen LogP contribution in [0.3, 0.4) is 0 Å². The van der Waals surface area contributed by atoms with Crippen molar-refractivity contribution in [2.75, 3.05) is 11.5 Å². The van der Waals surface area contributed by atoms with Crippen LogP contribution < -0.4 is 4.90 Å². The van der Waals surface area contributed by atoms with Crippen LogP contribution in [-0.2, 0) is 19.1 Å². The third-order valence-electron chi connectivity index (χ3n) is 5.06. The number of thioether (sulfide) groups is 1. The van der Waals surface area contributed by atoms with Gasteiger partial charge in [-0.3, -0.25) is 24.1 Å². The maximum atomic E-state index is 13.1. The van der Waals surface area contributed by atoms with E-state index in [0.29, 0.717) is 17.3 Å². The van der Waals surface area contributed by atoms with E-state index in [1.165, 1.54) is 54.6 Å². The van der Waals surface area contributed by atoms with E-state index in [1.54, 1.807) is 6.92 Å². The van der Waals surface area contributed by atoms with Crippen molar-refractivity contribution in [3.05, 3.63) is 70.4 Å². The summed E-state index contributed by atoms with van der Waals surface area (Å²) in [6, 6.07) is 9.78. The number of esters is 1. The quantitative estimate of drug-likeness (QED) is 0.377. The second kappa shape index (κ2) is 8.99. The Labute approximate surface area is 192 Å². The molecule has 0 aromatic heterocycles. The van der Waals surface area contributed by atoms with Crippen LogP contribution >= 0.6 is 11.8 Å². The molecule has 0 aliphatic carbocycles. The average Bonchev–Trinajstić information content (AvgIpc) is 3.23. The summed E-state index contributed by atoms with van der Waals surface area (Å²) in [5.74, 6) is -2.96. The molecule has 2 fully saturated rings. The predicted molar refractivity (Wildman–Crippen MR) is 118 cm³/mol. The van der Waals surface area contributed by atoms with Crippen molar-refractivity contribution in [3.63, 3.8) is 0 Å². The lowest BCUT2D eigenvalue weighted by atomic mass is 10.2. The Kier molecular flexibility index (Phi) is 6.10. The summed E-state index contributed by atoms with van der Waals surface area (Å²) in [4.78, 5) is 64.6. The summed E-state index contributed by atoms with van der Waals surface area (Å²) in [6.07, 6.45) is 1.08. The Balaban J connectivity index is 1.54. The summed E-state index contributed by atoms with van der Waals surface area (Å²) in [6.45, 7) is 1.88. The minimum Gasteiger partial charge on any atom is -0.462 e. The van der Waals surface area contributed by atoms with Gasteiger partial charge in [0.05, 0.1) is 29.2 Å². The third kappa shape index (κ3) is 4.29. The normalized spacial score (nSPS) is 19.7. The zero-order valence-electron chi connectivity index (χ0n) is 17.3. The Hall–Kier alpha value is -3.79. The van der Waals surface area contributed by atoms with Crippen LogP contribution in [0, 0.1) is 5.82 Å². The second-order valence-electron chi connectivity index (χ2n) is 7.16. The van der Waals surface area contributed by atoms with E-state index in [9.17, 15) is 28.4 Å². The Morgan fingerprint density at radius 2 is 1.76 bits per heavy atom. The lowest BCUT2D eigenvalue weighted by molar-refractivity contribution is -0.130. The topological polar surface area (TPSA) is 101 Å². The summed E-state index contributed by atoms with van der Waals surface area (Å²) in [5.41, 5.74) is 0.988. The molecule has 8 nitrogen and oxygen atoms in total. The number of nitrogens with zero attached hydrogens (tertiary/aromatic N) is 2. The molecule has 0 saturated carbocycles. The molecule has 2 saturated heterocycles. The number of hydrogen-bond donors (Lipinski definition) is 0. The first-order valence-electron chi connectivity index (χ1n) is 9.96. The first-order chi connectivity index (χ1) is 15.8. The van der Waals surface area contributed by atoms with Gasteiger partial charge < -0.3 is 4.74 Å². The number of benzene rings is 2. The monoisotopic (exact) mass is 468 g/mol. The minimum atomic E-state index is -1.27. The Morgan fingerprint density at radius 3 is 2.39 bits per heavy atom. The molecule has 0 unspecified atom stereocenters. The van der Waals surface area contributed by atoms with E-state index in [2.05, 4.69) is 0 Å². The highest BCUT2D eigenvalue weighted by Crippen LogP contribution is 2.37. The molecule has 2 aromatic rings. The van der Waals surface area contributed by atoms with E-state index in [4.69, 9.17) is 4.74 Å². The number of amides is 4. The van der Waals surface area contributed by atoms with Crippen LogP contribution in [0.1, 0.15) is 29.3 Å². The molecule has 2 aromatic carbocycles. The van der Waals surface area contributed by atoms with Gasteiger partial charge in [-0.15, -0.1) is 0 Å². The molecular weight excluding hydrogens is 451 g/mol. The molecule has 1 atom stereocenters. The molecule has 0 spiro atoms. The molecule has 4 amide bonds. The summed E-state index contributed by atoms with van der Waals surface area (Å²) in [7, 11) is 0. The molecule has 2 aliphatic rings. The van der Waals surface area contributed by atoms with Gasteiger partial charge in [0, 0.05) is 0 Å². The van der Waals surface area contributed by atoms with Crippen LogP contribution in [0.5, 0.6) is 0 Å². The number of imide groups is 2. The van der Waals surface area contributed by atoms with Crippen molar-refractivity contribution < 1.29 is 33.1 Å². The fourth-order valence-electron chi connectivity index (χ4n) is 3.51. The smallest absolute Gasteiger partial charge is 0.338 e. The number of hydrogen-bond acceptors (Lipinski definition) is 7. The maximum Gasteiger partial charge on any atom is 0.338 e. The standard InChI is InChI=1S/C23H17FN2O6S/c1-2-32-22(30)14-5-9-16(10-6-14)25-19(27)12-17(20(25)28)26-21(29)18(33-23(26)31)11-13-3-7-15(24)8-4-13/h3-11,17H,2,12H2,1H3/b18-11+/t17-/m1/s1. The first-order valence-corrected chi connectivity index (χ1v) is 10.8. The van der Waals surface area contributed by atoms with Crippen LogP contribution in [0.25, 0.3) is 6.08 Å². The molecule has 168 valence electrons. The highest BCUT2D eigenvalue weighted by Gasteiger charge is 2.50. The summed E-state index contributed by atoms with van der Waals surface area (Å²) < 4.78 is 18.0. The van der Waals surface area contributed by atoms with Crippen molar-refractivity contribution in [3.8, 4) is 0 Å². The van der Waals surface area contributed by atoms with Gasteiger partial charge in [-0.2, -0.15) is 0 Å². The number of anilines is 1. The fraction of sp³-hybridized carbons (Fsp3) is 0.174. The molecule has 4 rings (SSSR count). The zero-order valence-corrected chi connectivity index (χ0v) is 18.1. The third-order valence-corrected chi connectivity index (χ3v) is 5.95. The van der Waals surface area contributed by atoms with Gasteiger partial charge >= 0.3 is 5.97 Å². The van der Waals surface area contributed by atoms with Crippen LogP contribution in [0.4, 0.5) is 14.9 Å². The van der Waals surface area contributed by atoms with Crippen LogP contribution in [0.2, 0.25) is 0 Å². The maximum absolute atomic E-state index is 13.1. The van der Waals surface area contributed by atoms with E-state index in [-0.39, 0.29) is 29.2 Å². The van der Waals surface area contributed by atoms with Crippen LogP contribution in [-0.4, -0.2) is 46.5 Å². The lowest BCUT2D eigenvalue weighted by Gasteiger charge is -2.20. The van der Waals surface area contributed by atoms with Crippen molar-refractivity contribution >= 4 is 52.5 Å². The minimum absolute atomic E-state index is 0.0732. The second-order valence-corrected chi connectivity index (χ2v) is 8.15. The predicted octanol–water partition coefficient (Wildman–Crippen LogP) is 3.37. The van der Waals surface area contributed by atoms with Gasteiger partial charge in [0.1, 0.15) is 11.9 Å². The number of halogens is 1. The molecule has 2 aliphatic heterocycles. The van der Waals surface area contributed by atoms with Gasteiger partial charge in [0.25, 0.3) is 17.1 Å². The van der Waals surface area contributed by atoms with Gasteiger partial charge in [-0.05, 0) is 66.7 Å². The van der Waals surface area contributed by atoms with E-state index >= 15 is 0 Å². The molecule has 0 radical (unpaired) electrons. The summed E-state index contributed by atoms with van der Waals surface area (Å²) in [5, 5.41) is -0.668. The van der Waals surface area contributed by atoms with Gasteiger partial charge in [-0.25, -0.2) is 14.1 Å². The van der Waals surface area contributed by atoms with Crippen molar-refractivity contribution in [2.24, 2.45) is 0 Å². The molecule has 2 heterocycles. The summed E-state index contributed by atoms with van der Waals surface area (Å²) >= 11 is 0.649. The van der Waals surface area contributed by atoms with Crippen molar-refractivity contribution in [1.29, 1.82) is 0 Å². The van der Waals surface area contributed by atoms with Crippen molar-refractivity contribution in [2.45, 2.75) is 19.4 Å². The van der Waals surface area contributed by atoms with Crippen LogP contribution in [0.15, 0.2) is 53.4 Å². The number of ether oxygens (including phenoxy) is 1. The molecule has 10 heteroatoms. The van der Waals surface area contributed by atoms with Crippen molar-refractivity contribution in [1.82, 2.24) is 4.90 Å². The number of rotatable bonds is 5. The lowest BCUT2D eigenvalue weighted by Crippen LogP contribution is -2.44. The van der Waals surface area contributed by atoms with E-state index in [1.807, 2.05) is 0 Å². The number of carbonyl (C=O) groups excluding carboxylic acids is 5. The Bertz CT molecular complexity index is 1190. The average molecular weight is 468 g/mol.